The molecule has 6 unspecified atom stereocenters. The summed E-state index contributed by atoms with van der Waals surface area (Å²) in [6.07, 6.45) is 9.73. The minimum absolute atomic E-state index is 0.0920. The van der Waals surface area contributed by atoms with Gasteiger partial charge in [0.1, 0.15) is 0 Å². The molecule has 0 radical (unpaired) electrons. The first kappa shape index (κ1) is 54.9. The first-order valence-corrected chi connectivity index (χ1v) is 33.3. The van der Waals surface area contributed by atoms with Gasteiger partial charge in [-0.15, -0.1) is 0 Å². The molecule has 2 aromatic heterocycles. The molecule has 0 saturated heterocycles. The zero-order valence-electron chi connectivity index (χ0n) is 51.4. The number of aliphatic imine (C=N–C) groups is 2. The zero-order valence-corrected chi connectivity index (χ0v) is 52.4. The Bertz CT molecular complexity index is 3630. The van der Waals surface area contributed by atoms with Crippen molar-refractivity contribution in [1.29, 1.82) is 0 Å². The number of benzene rings is 4. The van der Waals surface area contributed by atoms with Crippen LogP contribution in [-0.2, 0) is 8.85 Å². The van der Waals surface area contributed by atoms with E-state index in [0.717, 1.165) is 148 Å². The van der Waals surface area contributed by atoms with Gasteiger partial charge in [-0.1, -0.05) is 0 Å². The Kier molecular flexibility index (Phi) is 12.7. The van der Waals surface area contributed by atoms with Gasteiger partial charge in [-0.05, 0) is 0 Å². The third-order valence-corrected chi connectivity index (χ3v) is 26.0. The van der Waals surface area contributed by atoms with E-state index in [2.05, 4.69) is 225 Å². The average molecular weight is 1090 g/mol. The molecule has 0 N–H and O–H groups in total. The van der Waals surface area contributed by atoms with Crippen molar-refractivity contribution in [3.05, 3.63) is 130 Å². The molecular weight excluding hydrogens is 1000 g/mol. The summed E-state index contributed by atoms with van der Waals surface area (Å²) in [7, 11) is -6.82. The summed E-state index contributed by atoms with van der Waals surface area (Å²) in [6, 6.07) is 35.2. The molecule has 0 amide bonds. The molecule has 12 rings (SSSR count). The zero-order chi connectivity index (χ0) is 56.8. The Morgan fingerprint density at radius 2 is 0.838 bits per heavy atom. The topological polar surface area (TPSA) is 83.8 Å². The van der Waals surface area contributed by atoms with Crippen LogP contribution in [0.4, 0.5) is 11.6 Å². The van der Waals surface area contributed by atoms with Crippen molar-refractivity contribution in [1.82, 2.24) is 8.47 Å². The Labute approximate surface area is 477 Å². The maximum absolute atomic E-state index is 9.36. The van der Waals surface area contributed by atoms with Gasteiger partial charge in [0.15, 0.2) is 0 Å². The van der Waals surface area contributed by atoms with E-state index in [0.29, 0.717) is 36.9 Å². The summed E-state index contributed by atoms with van der Waals surface area (Å²) < 4.78 is 28.7. The number of nitrogens with zero attached hydrogens (tertiary/aromatic N) is 8. The van der Waals surface area contributed by atoms with Crippen LogP contribution < -0.4 is 11.0 Å². The predicted molar refractivity (Wildman–Crippen MR) is 332 cm³/mol. The molecule has 6 aliphatic rings. The second kappa shape index (κ2) is 18.4. The van der Waals surface area contributed by atoms with Gasteiger partial charge in [-0.3, -0.25) is 0 Å². The van der Waals surface area contributed by atoms with Gasteiger partial charge in [-0.25, -0.2) is 0 Å². The van der Waals surface area contributed by atoms with Crippen LogP contribution in [0.2, 0.25) is 0 Å². The molecule has 424 valence electrons. The summed E-state index contributed by atoms with van der Waals surface area (Å²) in [4.78, 5) is 24.0. The van der Waals surface area contributed by atoms with Crippen molar-refractivity contribution in [2.45, 2.75) is 169 Å². The van der Waals surface area contributed by atoms with Crippen LogP contribution in [0, 0.1) is 57.2 Å². The Morgan fingerprint density at radius 3 is 1.30 bits per heavy atom. The number of rotatable bonds is 19. The molecule has 6 atom stereocenters. The summed E-state index contributed by atoms with van der Waals surface area (Å²) in [5.41, 5.74) is 6.37. The minimum atomic E-state index is -6.82. The fourth-order valence-corrected chi connectivity index (χ4v) is 25.2. The monoisotopic (exact) mass is 1090 g/mol. The first-order chi connectivity index (χ1) is 37.7. The third kappa shape index (κ3) is 8.18. The standard InChI is InChI=1S/C69H92N8O2Si/c1-44(38-66(5,6)7)33-35-48(37-46(3)40-68(11,12)13)42-78-80(79-43-49(47(4)41-69(14,15)16)36-34-45(2)39-67(8,9)10)74-58-50-25-17-18-26-51(50)59(74)71-61-54-29-21-22-30-55(54)63(76(61)80)73-65-57-32-24-23-31-56(57)64(77(65)80)72-62-53-28-20-19-27-52(53)60(70-58)75(62)80/h17-32,44-49H,33-43H2,1-16H3. The molecule has 4 aromatic carbocycles. The molecule has 6 aromatic rings. The van der Waals surface area contributed by atoms with Crippen molar-refractivity contribution in [3.63, 3.8) is 0 Å². The van der Waals surface area contributed by atoms with Crippen molar-refractivity contribution >= 4 is 64.3 Å². The summed E-state index contributed by atoms with van der Waals surface area (Å²) in [5, 5.41) is 4.07. The van der Waals surface area contributed by atoms with Crippen LogP contribution in [-0.4, -0.2) is 61.3 Å². The number of fused-ring (bicyclic) bond motifs is 12. The predicted octanol–water partition coefficient (Wildman–Crippen LogP) is 15.8. The van der Waals surface area contributed by atoms with E-state index in [1.165, 1.54) is 0 Å². The molecule has 80 heavy (non-hydrogen) atoms. The van der Waals surface area contributed by atoms with E-state index in [1.54, 1.807) is 0 Å². The van der Waals surface area contributed by atoms with Crippen LogP contribution in [0.5, 0.6) is 0 Å². The number of hydrogen-bond donors (Lipinski definition) is 0. The van der Waals surface area contributed by atoms with Gasteiger partial charge in [0, 0.05) is 0 Å². The second-order valence-corrected chi connectivity index (χ2v) is 36.2. The van der Waals surface area contributed by atoms with E-state index >= 15 is 0 Å². The third-order valence-electron chi connectivity index (χ3n) is 18.8. The Hall–Kier alpha value is -5.62. The van der Waals surface area contributed by atoms with E-state index < -0.39 is 7.76 Å². The van der Waals surface area contributed by atoms with E-state index in [9.17, 15) is 8.85 Å². The van der Waals surface area contributed by atoms with E-state index in [-0.39, 0.29) is 33.5 Å². The van der Waals surface area contributed by atoms with Crippen molar-refractivity contribution in [2.24, 2.45) is 77.1 Å². The van der Waals surface area contributed by atoms with Gasteiger partial charge in [-0.2, -0.15) is 0 Å². The van der Waals surface area contributed by atoms with Gasteiger partial charge < -0.3 is 0 Å². The van der Waals surface area contributed by atoms with Crippen LogP contribution in [0.1, 0.15) is 191 Å². The molecule has 8 heterocycles. The average Bonchev–Trinajstić information content (AvgIpc) is 1.36. The van der Waals surface area contributed by atoms with Crippen molar-refractivity contribution < 1.29 is 17.3 Å². The maximum atomic E-state index is 9.36. The second-order valence-electron chi connectivity index (χ2n) is 31.0. The van der Waals surface area contributed by atoms with Crippen LogP contribution >= 0.6 is 0 Å². The first-order valence-electron chi connectivity index (χ1n) is 30.7. The summed E-state index contributed by atoms with van der Waals surface area (Å²) in [5.74, 6) is 6.94. The molecule has 11 heteroatoms. The van der Waals surface area contributed by atoms with Crippen LogP contribution in [0.15, 0.2) is 117 Å². The Morgan fingerprint density at radius 1 is 0.438 bits per heavy atom. The van der Waals surface area contributed by atoms with E-state index in [1.807, 2.05) is 0 Å². The number of hydrogen-bond acceptors (Lipinski definition) is 6. The van der Waals surface area contributed by atoms with Gasteiger partial charge in [0.05, 0.1) is 0 Å². The van der Waals surface area contributed by atoms with Crippen LogP contribution in [0.25, 0.3) is 21.5 Å². The molecule has 1 spiro atoms. The van der Waals surface area contributed by atoms with Crippen molar-refractivity contribution in [3.8, 4) is 0 Å². The van der Waals surface area contributed by atoms with Gasteiger partial charge in [0.2, 0.25) is 0 Å². The SMILES string of the molecule is CC(CCC(CO[Si-2]123(OCC(CCC(C)CC(C)(C)C)C(C)CC(C)(C)C)n4c5c6ccccc6c4N=C4c6ccccc6C(=[N+]41)N=c1c4ccccc4c(n12)=NC1=[N+]3C(=N5)c2ccccc21)CC(C)CC(C)(C)C)CC(C)(C)C. The fraction of sp³-hybridized carbons (Fsp3) is 0.536. The van der Waals surface area contributed by atoms with E-state index in [4.69, 9.17) is 20.0 Å². The quantitative estimate of drug-likeness (QED) is 0.0757. The molecule has 0 bridgehead atoms. The molecule has 0 aliphatic carbocycles. The number of amidine groups is 4. The molecule has 6 aliphatic heterocycles. The summed E-state index contributed by atoms with van der Waals surface area (Å²) in [6.45, 7) is 39.5. The van der Waals surface area contributed by atoms with Gasteiger partial charge >= 0.3 is 479 Å². The van der Waals surface area contributed by atoms with Crippen molar-refractivity contribution in [2.75, 3.05) is 13.2 Å². The fourth-order valence-electron chi connectivity index (χ4n) is 16.7. The Balaban J connectivity index is 1.24. The normalized spacial score (nSPS) is 20.9. The molecule has 10 nitrogen and oxygen atoms in total. The molecule has 0 saturated carbocycles. The molecular formula is C69H92N8O2Si. The van der Waals surface area contributed by atoms with Gasteiger partial charge in [0.25, 0.3) is 0 Å². The number of aromatic nitrogens is 2. The molecule has 0 fully saturated rings. The van der Waals surface area contributed by atoms with Crippen LogP contribution in [0.3, 0.4) is 0 Å². The summed E-state index contributed by atoms with van der Waals surface area (Å²) >= 11 is 0.